The van der Waals surface area contributed by atoms with Crippen molar-refractivity contribution in [1.29, 1.82) is 0 Å². The molecule has 1 aromatic heterocycles. The lowest BCUT2D eigenvalue weighted by molar-refractivity contribution is -0.139. The van der Waals surface area contributed by atoms with Gasteiger partial charge < -0.3 is 15.4 Å². The third-order valence-electron chi connectivity index (χ3n) is 2.48. The van der Waals surface area contributed by atoms with E-state index in [4.69, 9.17) is 5.11 Å². The summed E-state index contributed by atoms with van der Waals surface area (Å²) in [6, 6.07) is 0.327. The van der Waals surface area contributed by atoms with Gasteiger partial charge in [-0.3, -0.25) is 9.59 Å². The van der Waals surface area contributed by atoms with Crippen LogP contribution in [0.5, 0.6) is 0 Å². The molecule has 6 heteroatoms. The molecule has 0 spiro atoms. The van der Waals surface area contributed by atoms with Crippen molar-refractivity contribution in [2.45, 2.75) is 32.7 Å². The summed E-state index contributed by atoms with van der Waals surface area (Å²) in [5, 5.41) is 11.2. The normalized spacial score (nSPS) is 11.9. The van der Waals surface area contributed by atoms with Gasteiger partial charge in [0.05, 0.1) is 0 Å². The number of aromatic amines is 1. The molecule has 1 aromatic rings. The predicted molar refractivity (Wildman–Crippen MR) is 65.6 cm³/mol. The van der Waals surface area contributed by atoms with E-state index in [1.807, 2.05) is 6.92 Å². The summed E-state index contributed by atoms with van der Waals surface area (Å²) in [4.78, 5) is 37.0. The van der Waals surface area contributed by atoms with E-state index in [2.05, 4.69) is 10.3 Å². The Bertz CT molecular complexity index is 507. The molecule has 0 radical (unpaired) electrons. The summed E-state index contributed by atoms with van der Waals surface area (Å²) in [6.07, 6.45) is 2.24. The maximum Gasteiger partial charge on any atom is 0.326 e. The lowest BCUT2D eigenvalue weighted by Gasteiger charge is -2.13. The molecular weight excluding hydrogens is 236 g/mol. The number of aliphatic carboxylic acids is 1. The molecule has 6 nitrogen and oxygen atoms in total. The average Bonchev–Trinajstić information content (AvgIpc) is 2.27. The largest absolute Gasteiger partial charge is 0.480 e. The second-order valence-corrected chi connectivity index (χ2v) is 4.05. The lowest BCUT2D eigenvalue weighted by atomic mass is 10.1. The molecule has 0 saturated carbocycles. The predicted octanol–water partition coefficient (Wildman–Crippen LogP) is 0.666. The first-order valence-electron chi connectivity index (χ1n) is 5.68. The fraction of sp³-hybridized carbons (Fsp3) is 0.417. The van der Waals surface area contributed by atoms with Crippen molar-refractivity contribution in [2.75, 3.05) is 0 Å². The van der Waals surface area contributed by atoms with Crippen LogP contribution in [0.1, 0.15) is 35.8 Å². The fourth-order valence-corrected chi connectivity index (χ4v) is 1.53. The number of carboxylic acids is 1. The van der Waals surface area contributed by atoms with E-state index in [0.29, 0.717) is 18.5 Å². The molecule has 0 saturated heterocycles. The minimum absolute atomic E-state index is 0.0806. The number of nitrogens with one attached hydrogen (secondary N) is 2. The molecule has 0 aliphatic heterocycles. The van der Waals surface area contributed by atoms with Crippen molar-refractivity contribution in [3.05, 3.63) is 33.7 Å². The van der Waals surface area contributed by atoms with Crippen molar-refractivity contribution in [3.8, 4) is 0 Å². The molecule has 1 rings (SSSR count). The van der Waals surface area contributed by atoms with Crippen LogP contribution in [-0.4, -0.2) is 28.0 Å². The van der Waals surface area contributed by atoms with Crippen LogP contribution in [0, 0.1) is 6.92 Å². The van der Waals surface area contributed by atoms with Gasteiger partial charge in [-0.1, -0.05) is 13.3 Å². The number of rotatable bonds is 5. The van der Waals surface area contributed by atoms with Gasteiger partial charge in [-0.15, -0.1) is 0 Å². The van der Waals surface area contributed by atoms with E-state index in [0.717, 1.165) is 0 Å². The second-order valence-electron chi connectivity index (χ2n) is 4.05. The van der Waals surface area contributed by atoms with E-state index in [9.17, 15) is 14.4 Å². The maximum absolute atomic E-state index is 11.8. The molecule has 0 fully saturated rings. The van der Waals surface area contributed by atoms with Crippen LogP contribution in [0.15, 0.2) is 17.1 Å². The van der Waals surface area contributed by atoms with Crippen molar-refractivity contribution in [1.82, 2.24) is 10.3 Å². The van der Waals surface area contributed by atoms with Gasteiger partial charge >= 0.3 is 5.97 Å². The number of hydrogen-bond donors (Lipinski definition) is 3. The fourth-order valence-electron chi connectivity index (χ4n) is 1.53. The first kappa shape index (κ1) is 14.0. The Hall–Kier alpha value is -2.11. The number of amides is 1. The number of hydrogen-bond acceptors (Lipinski definition) is 3. The molecule has 1 heterocycles. The number of aryl methyl sites for hydroxylation is 1. The number of pyridine rings is 1. The zero-order valence-corrected chi connectivity index (χ0v) is 10.3. The van der Waals surface area contributed by atoms with E-state index in [1.54, 1.807) is 6.92 Å². The SMILES string of the molecule is CCC[C@H](NC(=O)c1c[nH]c(C)cc1=O)C(=O)O. The molecule has 0 bridgehead atoms. The van der Waals surface area contributed by atoms with Crippen LogP contribution >= 0.6 is 0 Å². The maximum atomic E-state index is 11.8. The first-order chi connectivity index (χ1) is 8.45. The van der Waals surface area contributed by atoms with E-state index < -0.39 is 23.3 Å². The number of carbonyl (C=O) groups excluding carboxylic acids is 1. The Labute approximate surface area is 104 Å². The third-order valence-corrected chi connectivity index (χ3v) is 2.48. The number of H-pyrrole nitrogens is 1. The molecule has 0 aromatic carbocycles. The van der Waals surface area contributed by atoms with Gasteiger partial charge in [0.15, 0.2) is 5.43 Å². The monoisotopic (exact) mass is 252 g/mol. The number of carboxylic acid groups (broad SMARTS) is 1. The molecule has 3 N–H and O–H groups in total. The van der Waals surface area contributed by atoms with Gasteiger partial charge in [0, 0.05) is 18.0 Å². The topological polar surface area (TPSA) is 99.3 Å². The highest BCUT2D eigenvalue weighted by Gasteiger charge is 2.20. The highest BCUT2D eigenvalue weighted by molar-refractivity contribution is 5.96. The Morgan fingerprint density at radius 2 is 2.17 bits per heavy atom. The van der Waals surface area contributed by atoms with Crippen LogP contribution < -0.4 is 10.7 Å². The Kier molecular flexibility index (Phi) is 4.65. The zero-order valence-electron chi connectivity index (χ0n) is 10.3. The molecular formula is C12H16N2O4. The molecule has 1 amide bonds. The van der Waals surface area contributed by atoms with Crippen LogP contribution in [0.25, 0.3) is 0 Å². The van der Waals surface area contributed by atoms with Crippen LogP contribution in [-0.2, 0) is 4.79 Å². The Morgan fingerprint density at radius 3 is 2.67 bits per heavy atom. The van der Waals surface area contributed by atoms with Crippen LogP contribution in [0.2, 0.25) is 0 Å². The zero-order chi connectivity index (χ0) is 13.7. The lowest BCUT2D eigenvalue weighted by Crippen LogP contribution is -2.42. The molecule has 0 unspecified atom stereocenters. The quantitative estimate of drug-likeness (QED) is 0.717. The van der Waals surface area contributed by atoms with Crippen LogP contribution in [0.4, 0.5) is 0 Å². The van der Waals surface area contributed by atoms with Gasteiger partial charge in [0.1, 0.15) is 11.6 Å². The Morgan fingerprint density at radius 1 is 1.50 bits per heavy atom. The summed E-state index contributed by atoms with van der Waals surface area (Å²) >= 11 is 0. The molecule has 18 heavy (non-hydrogen) atoms. The highest BCUT2D eigenvalue weighted by atomic mass is 16.4. The van der Waals surface area contributed by atoms with Gasteiger partial charge in [0.25, 0.3) is 5.91 Å². The second kappa shape index (κ2) is 6.00. The van der Waals surface area contributed by atoms with Gasteiger partial charge in [-0.2, -0.15) is 0 Å². The molecule has 0 aliphatic carbocycles. The molecule has 0 aliphatic rings. The molecule has 1 atom stereocenters. The number of aromatic nitrogens is 1. The van der Waals surface area contributed by atoms with Crippen molar-refractivity contribution < 1.29 is 14.7 Å². The summed E-state index contributed by atoms with van der Waals surface area (Å²) in [6.45, 7) is 3.51. The van der Waals surface area contributed by atoms with Crippen molar-refractivity contribution in [3.63, 3.8) is 0 Å². The third kappa shape index (κ3) is 3.44. The smallest absolute Gasteiger partial charge is 0.326 e. The van der Waals surface area contributed by atoms with E-state index in [-0.39, 0.29) is 5.56 Å². The van der Waals surface area contributed by atoms with Crippen LogP contribution in [0.3, 0.4) is 0 Å². The van der Waals surface area contributed by atoms with Gasteiger partial charge in [0.2, 0.25) is 0 Å². The van der Waals surface area contributed by atoms with Gasteiger partial charge in [-0.25, -0.2) is 4.79 Å². The molecule has 98 valence electrons. The highest BCUT2D eigenvalue weighted by Crippen LogP contribution is 1.99. The van der Waals surface area contributed by atoms with Crippen molar-refractivity contribution in [2.24, 2.45) is 0 Å². The number of carbonyl (C=O) groups is 2. The van der Waals surface area contributed by atoms with E-state index in [1.165, 1.54) is 12.3 Å². The summed E-state index contributed by atoms with van der Waals surface area (Å²) in [5.74, 6) is -1.77. The minimum atomic E-state index is -1.10. The minimum Gasteiger partial charge on any atom is -0.480 e. The van der Waals surface area contributed by atoms with E-state index >= 15 is 0 Å². The summed E-state index contributed by atoms with van der Waals surface area (Å²) in [7, 11) is 0. The first-order valence-corrected chi connectivity index (χ1v) is 5.68. The average molecular weight is 252 g/mol. The standard InChI is InChI=1S/C12H16N2O4/c1-3-4-9(12(17)18)14-11(16)8-6-13-7(2)5-10(8)15/h5-6,9H,3-4H2,1-2H3,(H,13,15)(H,14,16)(H,17,18)/t9-/m0/s1. The van der Waals surface area contributed by atoms with Gasteiger partial charge in [-0.05, 0) is 13.3 Å². The summed E-state index contributed by atoms with van der Waals surface area (Å²) < 4.78 is 0. The van der Waals surface area contributed by atoms with Crippen molar-refractivity contribution >= 4 is 11.9 Å². The summed E-state index contributed by atoms with van der Waals surface area (Å²) in [5.41, 5.74) is 0.132. The Balaban J connectivity index is 2.87.